The molecule has 5 heterocycles. The fourth-order valence-corrected chi connectivity index (χ4v) is 3.73. The number of hydrogen-bond donors (Lipinski definition) is 2. The SMILES string of the molecule is C[C@H](Nc1ncnc2nc[nH]c12)c1nc2cccn2c(=O)n1C1CCCOC1. The van der Waals surface area contributed by atoms with Crippen molar-refractivity contribution in [2.75, 3.05) is 18.5 Å². The number of H-pyrrole nitrogens is 1. The van der Waals surface area contributed by atoms with Crippen LogP contribution in [0.1, 0.15) is 37.7 Å². The summed E-state index contributed by atoms with van der Waals surface area (Å²) >= 11 is 0. The van der Waals surface area contributed by atoms with Crippen molar-refractivity contribution < 1.29 is 4.74 Å². The molecule has 144 valence electrons. The van der Waals surface area contributed by atoms with Crippen LogP contribution < -0.4 is 11.0 Å². The van der Waals surface area contributed by atoms with Gasteiger partial charge < -0.3 is 15.0 Å². The van der Waals surface area contributed by atoms with Crippen molar-refractivity contribution in [3.05, 3.63) is 47.3 Å². The van der Waals surface area contributed by atoms with Gasteiger partial charge in [0.15, 0.2) is 11.5 Å². The van der Waals surface area contributed by atoms with Gasteiger partial charge in [0.05, 0.1) is 25.0 Å². The second kappa shape index (κ2) is 6.71. The van der Waals surface area contributed by atoms with Gasteiger partial charge in [-0.2, -0.15) is 0 Å². The van der Waals surface area contributed by atoms with Crippen LogP contribution in [0, 0.1) is 0 Å². The Morgan fingerprint density at radius 3 is 3.14 bits per heavy atom. The zero-order chi connectivity index (χ0) is 19.1. The summed E-state index contributed by atoms with van der Waals surface area (Å²) in [6.45, 7) is 3.20. The van der Waals surface area contributed by atoms with E-state index in [9.17, 15) is 4.79 Å². The topological polar surface area (TPSA) is 115 Å². The van der Waals surface area contributed by atoms with Gasteiger partial charge >= 0.3 is 5.69 Å². The molecule has 28 heavy (non-hydrogen) atoms. The Labute approximate surface area is 159 Å². The van der Waals surface area contributed by atoms with Crippen molar-refractivity contribution in [2.24, 2.45) is 0 Å². The third kappa shape index (κ3) is 2.73. The molecule has 0 bridgehead atoms. The third-order valence-electron chi connectivity index (χ3n) is 5.08. The molecular formula is C18H20N8O2. The molecule has 2 N–H and O–H groups in total. The first-order valence-corrected chi connectivity index (χ1v) is 9.30. The van der Waals surface area contributed by atoms with Crippen molar-refractivity contribution in [3.63, 3.8) is 0 Å². The molecule has 2 atom stereocenters. The van der Waals surface area contributed by atoms with E-state index in [2.05, 4.69) is 25.3 Å². The van der Waals surface area contributed by atoms with Crippen LogP contribution in [0.25, 0.3) is 16.8 Å². The highest BCUT2D eigenvalue weighted by Crippen LogP contribution is 2.25. The maximum atomic E-state index is 13.2. The van der Waals surface area contributed by atoms with Crippen LogP contribution in [0.2, 0.25) is 0 Å². The zero-order valence-electron chi connectivity index (χ0n) is 15.4. The van der Waals surface area contributed by atoms with Gasteiger partial charge in [0.25, 0.3) is 0 Å². The van der Waals surface area contributed by atoms with E-state index in [4.69, 9.17) is 9.72 Å². The molecule has 0 amide bonds. The minimum absolute atomic E-state index is 0.0441. The van der Waals surface area contributed by atoms with Gasteiger partial charge in [-0.15, -0.1) is 0 Å². The lowest BCUT2D eigenvalue weighted by Crippen LogP contribution is -2.38. The fourth-order valence-electron chi connectivity index (χ4n) is 3.73. The van der Waals surface area contributed by atoms with Gasteiger partial charge in [0.1, 0.15) is 23.3 Å². The second-order valence-corrected chi connectivity index (χ2v) is 6.92. The number of hydrogen-bond acceptors (Lipinski definition) is 7. The van der Waals surface area contributed by atoms with E-state index >= 15 is 0 Å². The summed E-state index contributed by atoms with van der Waals surface area (Å²) in [6, 6.07) is 3.34. The summed E-state index contributed by atoms with van der Waals surface area (Å²) in [5.41, 5.74) is 1.81. The van der Waals surface area contributed by atoms with E-state index in [-0.39, 0.29) is 17.8 Å². The van der Waals surface area contributed by atoms with E-state index in [0.29, 0.717) is 35.1 Å². The summed E-state index contributed by atoms with van der Waals surface area (Å²) in [4.78, 5) is 33.6. The van der Waals surface area contributed by atoms with E-state index < -0.39 is 0 Å². The van der Waals surface area contributed by atoms with Crippen LogP contribution >= 0.6 is 0 Å². The molecule has 1 saturated heterocycles. The normalized spacial score (nSPS) is 18.5. The van der Waals surface area contributed by atoms with E-state index in [1.165, 1.54) is 6.33 Å². The van der Waals surface area contributed by atoms with Crippen molar-refractivity contribution in [1.29, 1.82) is 0 Å². The van der Waals surface area contributed by atoms with Crippen LogP contribution in [0.15, 0.2) is 35.8 Å². The molecule has 0 spiro atoms. The molecule has 0 radical (unpaired) electrons. The Morgan fingerprint density at radius 2 is 2.29 bits per heavy atom. The first-order chi connectivity index (χ1) is 13.7. The summed E-state index contributed by atoms with van der Waals surface area (Å²) in [5.74, 6) is 1.27. The van der Waals surface area contributed by atoms with Crippen LogP contribution in [-0.4, -0.2) is 47.1 Å². The lowest BCUT2D eigenvalue weighted by Gasteiger charge is -2.28. The Morgan fingerprint density at radius 1 is 1.36 bits per heavy atom. The van der Waals surface area contributed by atoms with Gasteiger partial charge in [0.2, 0.25) is 0 Å². The maximum absolute atomic E-state index is 13.2. The molecule has 1 fully saturated rings. The van der Waals surface area contributed by atoms with Crippen LogP contribution in [-0.2, 0) is 4.74 Å². The van der Waals surface area contributed by atoms with E-state index in [1.807, 2.05) is 19.1 Å². The minimum atomic E-state index is -0.268. The molecule has 0 aliphatic carbocycles. The van der Waals surface area contributed by atoms with Crippen molar-refractivity contribution in [2.45, 2.75) is 31.8 Å². The lowest BCUT2D eigenvalue weighted by molar-refractivity contribution is 0.0556. The molecule has 5 rings (SSSR count). The highest BCUT2D eigenvalue weighted by Gasteiger charge is 2.25. The molecular weight excluding hydrogens is 360 g/mol. The number of fused-ring (bicyclic) bond motifs is 2. The monoisotopic (exact) mass is 380 g/mol. The molecule has 4 aromatic heterocycles. The Balaban J connectivity index is 1.60. The highest BCUT2D eigenvalue weighted by atomic mass is 16.5. The predicted molar refractivity (Wildman–Crippen MR) is 102 cm³/mol. The fraction of sp³-hybridized carbons (Fsp3) is 0.389. The summed E-state index contributed by atoms with van der Waals surface area (Å²) in [6.07, 6.45) is 6.58. The molecule has 0 saturated carbocycles. The Bertz CT molecular complexity index is 1190. The molecule has 10 nitrogen and oxygen atoms in total. The van der Waals surface area contributed by atoms with Crippen LogP contribution in [0.3, 0.4) is 0 Å². The highest BCUT2D eigenvalue weighted by molar-refractivity contribution is 5.82. The van der Waals surface area contributed by atoms with Crippen molar-refractivity contribution in [1.82, 2.24) is 33.9 Å². The predicted octanol–water partition coefficient (Wildman–Crippen LogP) is 1.69. The van der Waals surface area contributed by atoms with Crippen molar-refractivity contribution in [3.8, 4) is 0 Å². The third-order valence-corrected chi connectivity index (χ3v) is 5.08. The Hall–Kier alpha value is -3.27. The average molecular weight is 380 g/mol. The molecule has 0 aromatic carbocycles. The van der Waals surface area contributed by atoms with Gasteiger partial charge in [-0.1, -0.05) is 0 Å². The van der Waals surface area contributed by atoms with Gasteiger partial charge in [0, 0.05) is 12.8 Å². The van der Waals surface area contributed by atoms with Crippen LogP contribution in [0.4, 0.5) is 5.82 Å². The molecule has 1 unspecified atom stereocenters. The Kier molecular flexibility index (Phi) is 4.05. The molecule has 1 aliphatic heterocycles. The maximum Gasteiger partial charge on any atom is 0.335 e. The minimum Gasteiger partial charge on any atom is -0.379 e. The molecule has 4 aromatic rings. The van der Waals surface area contributed by atoms with Gasteiger partial charge in [-0.25, -0.2) is 24.7 Å². The summed E-state index contributed by atoms with van der Waals surface area (Å²) < 4.78 is 8.97. The number of nitrogens with one attached hydrogen (secondary N) is 2. The van der Waals surface area contributed by atoms with Gasteiger partial charge in [-0.05, 0) is 31.9 Å². The smallest absolute Gasteiger partial charge is 0.335 e. The number of imidazole rings is 1. The van der Waals surface area contributed by atoms with Crippen molar-refractivity contribution >= 4 is 22.6 Å². The van der Waals surface area contributed by atoms with Crippen LogP contribution in [0.5, 0.6) is 0 Å². The number of ether oxygens (including phenoxy) is 1. The summed E-state index contributed by atoms with van der Waals surface area (Å²) in [5, 5.41) is 3.36. The van der Waals surface area contributed by atoms with E-state index in [0.717, 1.165) is 19.4 Å². The lowest BCUT2D eigenvalue weighted by atomic mass is 10.1. The first-order valence-electron chi connectivity index (χ1n) is 9.30. The largest absolute Gasteiger partial charge is 0.379 e. The molecule has 1 aliphatic rings. The standard InChI is InChI=1S/C18H20N8O2/c1-11(23-16-14-15(20-9-19-14)21-10-22-16)17-24-13-5-2-6-25(13)18(27)26(17)12-4-3-7-28-8-12/h2,5-6,9-12H,3-4,7-8H2,1H3,(H2,19,20,21,22,23)/t11-,12?/m0/s1. The van der Waals surface area contributed by atoms with Gasteiger partial charge in [-0.3, -0.25) is 8.97 Å². The summed E-state index contributed by atoms with van der Waals surface area (Å²) in [7, 11) is 0. The second-order valence-electron chi connectivity index (χ2n) is 6.92. The van der Waals surface area contributed by atoms with E-state index in [1.54, 1.807) is 21.5 Å². The number of rotatable bonds is 4. The number of aromatic amines is 1. The zero-order valence-corrected chi connectivity index (χ0v) is 15.4. The first kappa shape index (κ1) is 16.9. The quantitative estimate of drug-likeness (QED) is 0.553. The average Bonchev–Trinajstić information content (AvgIpc) is 3.38. The number of nitrogens with zero attached hydrogens (tertiary/aromatic N) is 6. The number of aromatic nitrogens is 7. The molecule has 10 heteroatoms. The number of anilines is 1.